The number of carbonyl (C=O) groups excluding carboxylic acids is 1. The fourth-order valence-corrected chi connectivity index (χ4v) is 1.36. The Morgan fingerprint density at radius 2 is 1.85 bits per heavy atom. The van der Waals surface area contributed by atoms with Gasteiger partial charge in [-0.25, -0.2) is 0 Å². The van der Waals surface area contributed by atoms with E-state index in [1.54, 1.807) is 0 Å². The van der Waals surface area contributed by atoms with Crippen molar-refractivity contribution in [1.29, 1.82) is 0 Å². The molecule has 2 nitrogen and oxygen atoms in total. The molecule has 0 aliphatic carbocycles. The number of nitrogens with two attached hydrogens (primary N) is 1. The maximum atomic E-state index is 11.4. The van der Waals surface area contributed by atoms with E-state index >= 15 is 0 Å². The fraction of sp³-hybridized carbons (Fsp3) is 0.909. The first kappa shape index (κ1) is 12.6. The third-order valence-corrected chi connectivity index (χ3v) is 2.30. The van der Waals surface area contributed by atoms with Gasteiger partial charge in [0.15, 0.2) is 5.78 Å². The van der Waals surface area contributed by atoms with Crippen LogP contribution in [-0.2, 0) is 4.79 Å². The van der Waals surface area contributed by atoms with Gasteiger partial charge in [0.05, 0.1) is 6.04 Å². The maximum absolute atomic E-state index is 11.4. The fourth-order valence-electron chi connectivity index (χ4n) is 1.36. The summed E-state index contributed by atoms with van der Waals surface area (Å²) in [4.78, 5) is 11.4. The van der Waals surface area contributed by atoms with Gasteiger partial charge in [-0.3, -0.25) is 4.79 Å². The predicted octanol–water partition coefficient (Wildman–Crippen LogP) is 2.51. The first-order valence-electron chi connectivity index (χ1n) is 5.38. The molecule has 0 saturated heterocycles. The molecule has 0 aromatic heterocycles. The Labute approximate surface area is 81.9 Å². The number of carbonyl (C=O) groups is 1. The molecular weight excluding hydrogens is 162 g/mol. The van der Waals surface area contributed by atoms with Crippen LogP contribution in [0.2, 0.25) is 0 Å². The summed E-state index contributed by atoms with van der Waals surface area (Å²) in [6.45, 7) is 6.00. The lowest BCUT2D eigenvalue weighted by atomic mass is 9.97. The summed E-state index contributed by atoms with van der Waals surface area (Å²) < 4.78 is 0. The van der Waals surface area contributed by atoms with E-state index in [1.807, 2.05) is 13.8 Å². The van der Waals surface area contributed by atoms with Gasteiger partial charge >= 0.3 is 0 Å². The van der Waals surface area contributed by atoms with Crippen molar-refractivity contribution in [2.24, 2.45) is 11.7 Å². The van der Waals surface area contributed by atoms with Gasteiger partial charge in [-0.1, -0.05) is 46.5 Å². The third-order valence-electron chi connectivity index (χ3n) is 2.30. The quantitative estimate of drug-likeness (QED) is 0.619. The molecule has 0 spiro atoms. The molecular formula is C11H23NO. The van der Waals surface area contributed by atoms with E-state index in [9.17, 15) is 4.79 Å². The van der Waals surface area contributed by atoms with E-state index < -0.39 is 0 Å². The highest BCUT2D eigenvalue weighted by Gasteiger charge is 2.15. The molecule has 0 aromatic rings. The number of ketones is 1. The zero-order valence-electron chi connectivity index (χ0n) is 9.18. The van der Waals surface area contributed by atoms with Crippen LogP contribution in [0, 0.1) is 5.92 Å². The van der Waals surface area contributed by atoms with Crippen molar-refractivity contribution in [3.8, 4) is 0 Å². The van der Waals surface area contributed by atoms with Crippen LogP contribution >= 0.6 is 0 Å². The predicted molar refractivity (Wildman–Crippen MR) is 56.6 cm³/mol. The summed E-state index contributed by atoms with van der Waals surface area (Å²) in [5, 5.41) is 0. The van der Waals surface area contributed by atoms with Crippen molar-refractivity contribution in [3.63, 3.8) is 0 Å². The number of unbranched alkanes of at least 4 members (excludes halogenated alkanes) is 3. The summed E-state index contributed by atoms with van der Waals surface area (Å²) >= 11 is 0. The van der Waals surface area contributed by atoms with Crippen LogP contribution < -0.4 is 5.73 Å². The largest absolute Gasteiger partial charge is 0.321 e. The maximum Gasteiger partial charge on any atom is 0.152 e. The number of rotatable bonds is 7. The van der Waals surface area contributed by atoms with E-state index in [1.165, 1.54) is 19.3 Å². The molecule has 0 aliphatic heterocycles. The second-order valence-electron chi connectivity index (χ2n) is 4.01. The van der Waals surface area contributed by atoms with Crippen LogP contribution in [0.5, 0.6) is 0 Å². The number of hydrogen-bond acceptors (Lipinski definition) is 2. The topological polar surface area (TPSA) is 43.1 Å². The molecule has 1 atom stereocenters. The van der Waals surface area contributed by atoms with Gasteiger partial charge in [-0.05, 0) is 6.42 Å². The summed E-state index contributed by atoms with van der Waals surface area (Å²) in [6.07, 6.45) is 5.63. The van der Waals surface area contributed by atoms with Crippen LogP contribution in [0.15, 0.2) is 0 Å². The van der Waals surface area contributed by atoms with E-state index in [0.717, 1.165) is 12.8 Å². The Morgan fingerprint density at radius 3 is 2.31 bits per heavy atom. The van der Waals surface area contributed by atoms with Crippen molar-refractivity contribution in [2.45, 2.75) is 58.9 Å². The van der Waals surface area contributed by atoms with E-state index in [4.69, 9.17) is 5.73 Å². The molecule has 2 N–H and O–H groups in total. The average Bonchev–Trinajstić information content (AvgIpc) is 2.10. The molecule has 0 bridgehead atoms. The Morgan fingerprint density at radius 1 is 1.23 bits per heavy atom. The smallest absolute Gasteiger partial charge is 0.152 e. The van der Waals surface area contributed by atoms with Gasteiger partial charge in [0.2, 0.25) is 0 Å². The number of Topliss-reactive ketones (excluding diaryl/α,β-unsaturated/α-hetero) is 1. The first-order chi connectivity index (χ1) is 6.09. The lowest BCUT2D eigenvalue weighted by Gasteiger charge is -2.12. The molecule has 0 fully saturated rings. The van der Waals surface area contributed by atoms with Gasteiger partial charge < -0.3 is 5.73 Å². The minimum Gasteiger partial charge on any atom is -0.321 e. The van der Waals surface area contributed by atoms with Gasteiger partial charge in [0.1, 0.15) is 0 Å². The summed E-state index contributed by atoms with van der Waals surface area (Å²) in [6, 6.07) is -0.225. The van der Waals surface area contributed by atoms with E-state index in [0.29, 0.717) is 0 Å². The zero-order chi connectivity index (χ0) is 10.3. The summed E-state index contributed by atoms with van der Waals surface area (Å²) in [7, 11) is 0. The van der Waals surface area contributed by atoms with Crippen molar-refractivity contribution in [3.05, 3.63) is 0 Å². The molecule has 0 aromatic carbocycles. The molecule has 2 heteroatoms. The molecule has 0 saturated carbocycles. The van der Waals surface area contributed by atoms with Crippen molar-refractivity contribution >= 4 is 5.78 Å². The molecule has 13 heavy (non-hydrogen) atoms. The SMILES string of the molecule is CCCCCC[C@@H](N)C(=O)C(C)C. The standard InChI is InChI=1S/C11H23NO/c1-4-5-6-7-8-10(12)11(13)9(2)3/h9-10H,4-8,12H2,1-3H3/t10-/m1/s1. The Kier molecular flexibility index (Phi) is 6.87. The van der Waals surface area contributed by atoms with Crippen molar-refractivity contribution < 1.29 is 4.79 Å². The van der Waals surface area contributed by atoms with Crippen LogP contribution in [-0.4, -0.2) is 11.8 Å². The Bertz CT molecular complexity index is 143. The summed E-state index contributed by atoms with van der Waals surface area (Å²) in [5.74, 6) is 0.290. The van der Waals surface area contributed by atoms with Crippen LogP contribution in [0.3, 0.4) is 0 Å². The molecule has 0 radical (unpaired) electrons. The van der Waals surface area contributed by atoms with Gasteiger partial charge in [-0.15, -0.1) is 0 Å². The number of hydrogen-bond donors (Lipinski definition) is 1. The molecule has 0 unspecified atom stereocenters. The van der Waals surface area contributed by atoms with Crippen molar-refractivity contribution in [1.82, 2.24) is 0 Å². The highest BCUT2D eigenvalue weighted by molar-refractivity contribution is 5.85. The highest BCUT2D eigenvalue weighted by Crippen LogP contribution is 2.07. The molecule has 0 rings (SSSR count). The second kappa shape index (κ2) is 7.07. The lowest BCUT2D eigenvalue weighted by molar-refractivity contribution is -0.123. The molecule has 0 amide bonds. The molecule has 78 valence electrons. The van der Waals surface area contributed by atoms with Gasteiger partial charge in [-0.2, -0.15) is 0 Å². The molecule has 0 heterocycles. The van der Waals surface area contributed by atoms with Crippen LogP contribution in [0.4, 0.5) is 0 Å². The van der Waals surface area contributed by atoms with Crippen LogP contribution in [0.25, 0.3) is 0 Å². The van der Waals surface area contributed by atoms with Gasteiger partial charge in [0, 0.05) is 5.92 Å². The van der Waals surface area contributed by atoms with Gasteiger partial charge in [0.25, 0.3) is 0 Å². The minimum atomic E-state index is -0.225. The zero-order valence-corrected chi connectivity index (χ0v) is 9.18. The highest BCUT2D eigenvalue weighted by atomic mass is 16.1. The van der Waals surface area contributed by atoms with E-state index in [-0.39, 0.29) is 17.7 Å². The van der Waals surface area contributed by atoms with Crippen LogP contribution in [0.1, 0.15) is 52.9 Å². The lowest BCUT2D eigenvalue weighted by Crippen LogP contribution is -2.33. The minimum absolute atomic E-state index is 0.0844. The third kappa shape index (κ3) is 5.81. The Balaban J connectivity index is 3.50. The Hall–Kier alpha value is -0.370. The summed E-state index contributed by atoms with van der Waals surface area (Å²) in [5.41, 5.74) is 5.75. The second-order valence-corrected chi connectivity index (χ2v) is 4.01. The normalized spacial score (nSPS) is 13.3. The van der Waals surface area contributed by atoms with Crippen molar-refractivity contribution in [2.75, 3.05) is 0 Å². The average molecular weight is 185 g/mol. The molecule has 0 aliphatic rings. The van der Waals surface area contributed by atoms with E-state index in [2.05, 4.69) is 6.92 Å². The first-order valence-corrected chi connectivity index (χ1v) is 5.38. The monoisotopic (exact) mass is 185 g/mol.